The van der Waals surface area contributed by atoms with Gasteiger partial charge in [-0.1, -0.05) is 15.9 Å². The number of aliphatic carboxylic acids is 1. The van der Waals surface area contributed by atoms with Crippen LogP contribution in [-0.4, -0.2) is 26.0 Å². The summed E-state index contributed by atoms with van der Waals surface area (Å²) in [5, 5.41) is 8.46. The van der Waals surface area contributed by atoms with Gasteiger partial charge in [0.25, 0.3) is 0 Å². The molecule has 8 heteroatoms. The summed E-state index contributed by atoms with van der Waals surface area (Å²) in [6.45, 7) is 0.220. The van der Waals surface area contributed by atoms with Crippen LogP contribution in [0.2, 0.25) is 0 Å². The minimum atomic E-state index is -3.57. The third-order valence-electron chi connectivity index (χ3n) is 2.29. The van der Waals surface area contributed by atoms with Crippen LogP contribution in [0.15, 0.2) is 32.0 Å². The second-order valence-corrected chi connectivity index (χ2v) is 7.33. The molecule has 5 nitrogen and oxygen atoms in total. The van der Waals surface area contributed by atoms with Crippen LogP contribution in [0.3, 0.4) is 0 Å². The molecule has 106 valence electrons. The number of hydrogen-bond donors (Lipinski definition) is 2. The quantitative estimate of drug-likeness (QED) is 0.672. The Morgan fingerprint density at radius 1 is 1.26 bits per heavy atom. The van der Waals surface area contributed by atoms with E-state index in [4.69, 9.17) is 5.11 Å². The zero-order valence-corrected chi connectivity index (χ0v) is 13.9. The monoisotopic (exact) mass is 413 g/mol. The van der Waals surface area contributed by atoms with Crippen molar-refractivity contribution >= 4 is 47.9 Å². The van der Waals surface area contributed by atoms with Crippen LogP contribution in [0.5, 0.6) is 0 Å². The van der Waals surface area contributed by atoms with Crippen LogP contribution < -0.4 is 4.72 Å². The second kappa shape index (κ2) is 7.37. The first-order valence-electron chi connectivity index (χ1n) is 5.49. The van der Waals surface area contributed by atoms with E-state index in [-0.39, 0.29) is 17.9 Å². The highest BCUT2D eigenvalue weighted by Gasteiger charge is 2.16. The Bertz CT molecular complexity index is 560. The van der Waals surface area contributed by atoms with Gasteiger partial charge in [0.1, 0.15) is 0 Å². The van der Waals surface area contributed by atoms with Crippen LogP contribution in [0.4, 0.5) is 0 Å². The molecular formula is C11H13Br2NO4S. The molecule has 0 saturated heterocycles. The fourth-order valence-electron chi connectivity index (χ4n) is 1.38. The number of carboxylic acids is 1. The van der Waals surface area contributed by atoms with Crippen molar-refractivity contribution in [3.63, 3.8) is 0 Å². The molecule has 0 unspecified atom stereocenters. The Balaban J connectivity index is 2.59. The standard InChI is InChI=1S/C11H13Br2NO4S/c12-8-4-5-10(9(13)7-8)19(17,18)14-6-2-1-3-11(15)16/h4-5,7,14H,1-3,6H2,(H,15,16). The molecule has 0 aliphatic heterocycles. The summed E-state index contributed by atoms with van der Waals surface area (Å²) < 4.78 is 27.7. The molecule has 0 aliphatic carbocycles. The molecule has 0 radical (unpaired) electrons. The summed E-state index contributed by atoms with van der Waals surface area (Å²) in [5.41, 5.74) is 0. The number of benzene rings is 1. The van der Waals surface area contributed by atoms with Crippen molar-refractivity contribution in [3.05, 3.63) is 27.1 Å². The first-order chi connectivity index (χ1) is 8.83. The van der Waals surface area contributed by atoms with Crippen LogP contribution >= 0.6 is 31.9 Å². The number of hydrogen-bond acceptors (Lipinski definition) is 3. The molecule has 0 heterocycles. The first kappa shape index (κ1) is 16.6. The van der Waals surface area contributed by atoms with Gasteiger partial charge in [-0.05, 0) is 47.0 Å². The molecule has 0 saturated carbocycles. The van der Waals surface area contributed by atoms with Gasteiger partial charge in [0.05, 0.1) is 4.90 Å². The number of halogens is 2. The van der Waals surface area contributed by atoms with Gasteiger partial charge in [0.2, 0.25) is 10.0 Å². The molecule has 0 bridgehead atoms. The topological polar surface area (TPSA) is 83.5 Å². The Labute approximate surface area is 128 Å². The molecule has 1 aromatic carbocycles. The van der Waals surface area contributed by atoms with Crippen LogP contribution in [0.1, 0.15) is 19.3 Å². The van der Waals surface area contributed by atoms with E-state index in [1.54, 1.807) is 12.1 Å². The number of sulfonamides is 1. The fraction of sp³-hybridized carbons (Fsp3) is 0.364. The predicted molar refractivity (Wildman–Crippen MR) is 78.5 cm³/mol. The summed E-state index contributed by atoms with van der Waals surface area (Å²) in [5.74, 6) is -0.876. The van der Waals surface area contributed by atoms with Crippen molar-refractivity contribution in [2.75, 3.05) is 6.54 Å². The van der Waals surface area contributed by atoms with Crippen LogP contribution in [0.25, 0.3) is 0 Å². The van der Waals surface area contributed by atoms with E-state index in [0.29, 0.717) is 17.3 Å². The number of carbonyl (C=O) groups is 1. The predicted octanol–water partition coefficient (Wildman–Crippen LogP) is 2.74. The van der Waals surface area contributed by atoms with Gasteiger partial charge in [0, 0.05) is 21.9 Å². The van der Waals surface area contributed by atoms with Gasteiger partial charge in [-0.2, -0.15) is 0 Å². The molecule has 19 heavy (non-hydrogen) atoms. The molecule has 1 rings (SSSR count). The average Bonchev–Trinajstić information content (AvgIpc) is 2.27. The summed E-state index contributed by atoms with van der Waals surface area (Å²) in [7, 11) is -3.57. The van der Waals surface area contributed by atoms with E-state index in [1.807, 2.05) is 0 Å². The van der Waals surface area contributed by atoms with Gasteiger partial charge in [-0.15, -0.1) is 0 Å². The van der Waals surface area contributed by atoms with Crippen LogP contribution in [0, 0.1) is 0 Å². The maximum Gasteiger partial charge on any atom is 0.303 e. The lowest BCUT2D eigenvalue weighted by molar-refractivity contribution is -0.137. The minimum absolute atomic E-state index is 0.0453. The minimum Gasteiger partial charge on any atom is -0.481 e. The number of unbranched alkanes of at least 4 members (excludes halogenated alkanes) is 1. The van der Waals surface area contributed by atoms with E-state index in [1.165, 1.54) is 6.07 Å². The van der Waals surface area contributed by atoms with Gasteiger partial charge in [0.15, 0.2) is 0 Å². The maximum absolute atomic E-state index is 12.0. The lowest BCUT2D eigenvalue weighted by Crippen LogP contribution is -2.25. The van der Waals surface area contributed by atoms with E-state index in [9.17, 15) is 13.2 Å². The van der Waals surface area contributed by atoms with Crippen molar-refractivity contribution < 1.29 is 18.3 Å². The average molecular weight is 415 g/mol. The highest BCUT2D eigenvalue weighted by Crippen LogP contribution is 2.25. The molecule has 0 amide bonds. The molecule has 1 aromatic rings. The summed E-state index contributed by atoms with van der Waals surface area (Å²) in [6, 6.07) is 4.79. The molecule has 0 fully saturated rings. The number of rotatable bonds is 7. The van der Waals surface area contributed by atoms with Crippen molar-refractivity contribution in [1.82, 2.24) is 4.72 Å². The van der Waals surface area contributed by atoms with Crippen molar-refractivity contribution in [2.45, 2.75) is 24.2 Å². The van der Waals surface area contributed by atoms with Gasteiger partial charge in [-0.3, -0.25) is 4.79 Å². The molecular weight excluding hydrogens is 402 g/mol. The number of nitrogens with one attached hydrogen (secondary N) is 1. The van der Waals surface area contributed by atoms with Crippen molar-refractivity contribution in [3.8, 4) is 0 Å². The highest BCUT2D eigenvalue weighted by molar-refractivity contribution is 9.11. The Morgan fingerprint density at radius 3 is 2.53 bits per heavy atom. The molecule has 2 N–H and O–H groups in total. The summed E-state index contributed by atoms with van der Waals surface area (Å²) in [6.07, 6.45) is 0.975. The maximum atomic E-state index is 12.0. The van der Waals surface area contributed by atoms with Crippen LogP contribution in [-0.2, 0) is 14.8 Å². The van der Waals surface area contributed by atoms with E-state index >= 15 is 0 Å². The lowest BCUT2D eigenvalue weighted by Gasteiger charge is -2.08. The molecule has 0 atom stereocenters. The third-order valence-corrected chi connectivity index (χ3v) is 5.22. The molecule has 0 aliphatic rings. The SMILES string of the molecule is O=C(O)CCCCNS(=O)(=O)c1ccc(Br)cc1Br. The van der Waals surface area contributed by atoms with Crippen molar-refractivity contribution in [1.29, 1.82) is 0 Å². The molecule has 0 aromatic heterocycles. The second-order valence-electron chi connectivity index (χ2n) is 3.82. The zero-order chi connectivity index (χ0) is 14.5. The van der Waals surface area contributed by atoms with E-state index in [2.05, 4.69) is 36.6 Å². The van der Waals surface area contributed by atoms with Gasteiger partial charge >= 0.3 is 5.97 Å². The first-order valence-corrected chi connectivity index (χ1v) is 8.56. The Morgan fingerprint density at radius 2 is 1.95 bits per heavy atom. The largest absolute Gasteiger partial charge is 0.481 e. The normalized spacial score (nSPS) is 11.5. The Hall–Kier alpha value is -0.440. The summed E-state index contributed by atoms with van der Waals surface area (Å²) >= 11 is 6.45. The highest BCUT2D eigenvalue weighted by atomic mass is 79.9. The zero-order valence-electron chi connectivity index (χ0n) is 9.90. The summed E-state index contributed by atoms with van der Waals surface area (Å²) in [4.78, 5) is 10.5. The lowest BCUT2D eigenvalue weighted by atomic mass is 10.2. The number of carboxylic acid groups (broad SMARTS) is 1. The Kier molecular flexibility index (Phi) is 6.45. The van der Waals surface area contributed by atoms with E-state index < -0.39 is 16.0 Å². The molecule has 0 spiro atoms. The van der Waals surface area contributed by atoms with Crippen molar-refractivity contribution in [2.24, 2.45) is 0 Å². The third kappa shape index (κ3) is 5.60. The van der Waals surface area contributed by atoms with E-state index in [0.717, 1.165) is 4.47 Å². The van der Waals surface area contributed by atoms with Gasteiger partial charge < -0.3 is 5.11 Å². The van der Waals surface area contributed by atoms with Gasteiger partial charge in [-0.25, -0.2) is 13.1 Å². The fourth-order valence-corrected chi connectivity index (χ4v) is 4.20. The smallest absolute Gasteiger partial charge is 0.303 e.